The van der Waals surface area contributed by atoms with Gasteiger partial charge in [0.15, 0.2) is 12.4 Å². The standard InChI is InChI=1S/C17H16Cl2N2O5/c1-10(12-5-4-11(18)7-13(12)19)21-15(22)9-26-16(23)8-20-17(24)14-3-2-6-25-14/h2-7,10H,8-9H2,1H3,(H,20,24)(H,21,22)/t10-/m1/s1. The quantitative estimate of drug-likeness (QED) is 0.698. The first-order valence-corrected chi connectivity index (χ1v) is 8.34. The smallest absolute Gasteiger partial charge is 0.325 e. The highest BCUT2D eigenvalue weighted by atomic mass is 35.5. The Morgan fingerprint density at radius 1 is 1.23 bits per heavy atom. The molecule has 7 nitrogen and oxygen atoms in total. The molecule has 26 heavy (non-hydrogen) atoms. The fourth-order valence-electron chi connectivity index (χ4n) is 2.06. The van der Waals surface area contributed by atoms with Gasteiger partial charge in [-0.1, -0.05) is 29.3 Å². The van der Waals surface area contributed by atoms with Gasteiger partial charge < -0.3 is 19.8 Å². The Hall–Kier alpha value is -2.51. The van der Waals surface area contributed by atoms with Crippen LogP contribution in [-0.2, 0) is 14.3 Å². The molecule has 0 spiro atoms. The highest BCUT2D eigenvalue weighted by Crippen LogP contribution is 2.25. The number of benzene rings is 1. The molecular weight excluding hydrogens is 383 g/mol. The van der Waals surface area contributed by atoms with Crippen LogP contribution >= 0.6 is 23.2 Å². The molecule has 0 aliphatic heterocycles. The van der Waals surface area contributed by atoms with Gasteiger partial charge in [-0.05, 0) is 36.8 Å². The topological polar surface area (TPSA) is 97.6 Å². The third-order valence-electron chi connectivity index (χ3n) is 3.31. The summed E-state index contributed by atoms with van der Waals surface area (Å²) in [6.07, 6.45) is 1.34. The van der Waals surface area contributed by atoms with Gasteiger partial charge in [-0.15, -0.1) is 0 Å². The molecule has 1 aromatic heterocycles. The number of ether oxygens (including phenoxy) is 1. The van der Waals surface area contributed by atoms with E-state index in [2.05, 4.69) is 10.6 Å². The molecule has 0 aliphatic carbocycles. The molecule has 2 amide bonds. The minimum Gasteiger partial charge on any atom is -0.459 e. The maximum absolute atomic E-state index is 11.9. The minimum atomic E-state index is -0.753. The maximum Gasteiger partial charge on any atom is 0.325 e. The van der Waals surface area contributed by atoms with E-state index in [1.807, 2.05) is 0 Å². The Kier molecular flexibility index (Phi) is 7.06. The maximum atomic E-state index is 11.9. The van der Waals surface area contributed by atoms with Crippen molar-refractivity contribution in [2.24, 2.45) is 0 Å². The molecule has 1 atom stereocenters. The van der Waals surface area contributed by atoms with E-state index in [0.29, 0.717) is 15.6 Å². The van der Waals surface area contributed by atoms with Gasteiger partial charge in [-0.2, -0.15) is 0 Å². The second-order valence-corrected chi connectivity index (χ2v) is 6.12. The Morgan fingerprint density at radius 3 is 2.65 bits per heavy atom. The van der Waals surface area contributed by atoms with Crippen molar-refractivity contribution < 1.29 is 23.5 Å². The molecule has 0 saturated heterocycles. The third-order valence-corrected chi connectivity index (χ3v) is 3.87. The zero-order valence-electron chi connectivity index (χ0n) is 13.8. The van der Waals surface area contributed by atoms with Crippen LogP contribution in [0.15, 0.2) is 41.0 Å². The summed E-state index contributed by atoms with van der Waals surface area (Å²) in [6.45, 7) is 0.870. The summed E-state index contributed by atoms with van der Waals surface area (Å²) in [5.74, 6) is -1.74. The number of nitrogens with one attached hydrogen (secondary N) is 2. The van der Waals surface area contributed by atoms with Crippen LogP contribution in [0.25, 0.3) is 0 Å². The van der Waals surface area contributed by atoms with E-state index in [9.17, 15) is 14.4 Å². The fourth-order valence-corrected chi connectivity index (χ4v) is 2.63. The number of esters is 1. The molecule has 0 aliphatic rings. The summed E-state index contributed by atoms with van der Waals surface area (Å²) < 4.78 is 9.69. The van der Waals surface area contributed by atoms with E-state index in [1.54, 1.807) is 31.2 Å². The lowest BCUT2D eigenvalue weighted by atomic mass is 10.1. The second kappa shape index (κ2) is 9.26. The summed E-state index contributed by atoms with van der Waals surface area (Å²) >= 11 is 11.9. The van der Waals surface area contributed by atoms with E-state index in [0.717, 1.165) is 0 Å². The Morgan fingerprint density at radius 2 is 2.00 bits per heavy atom. The van der Waals surface area contributed by atoms with Gasteiger partial charge in [-0.25, -0.2) is 0 Å². The van der Waals surface area contributed by atoms with Crippen LogP contribution in [0.2, 0.25) is 10.0 Å². The summed E-state index contributed by atoms with van der Waals surface area (Å²) in [4.78, 5) is 35.1. The third kappa shape index (κ3) is 5.79. The summed E-state index contributed by atoms with van der Waals surface area (Å²) in [6, 6.07) is 7.54. The van der Waals surface area contributed by atoms with Crippen LogP contribution in [0.1, 0.15) is 29.1 Å². The molecule has 2 rings (SSSR count). The number of hydrogen-bond donors (Lipinski definition) is 2. The number of hydrogen-bond acceptors (Lipinski definition) is 5. The molecule has 1 aromatic carbocycles. The average Bonchev–Trinajstić information content (AvgIpc) is 3.12. The van der Waals surface area contributed by atoms with Crippen molar-refractivity contribution >= 4 is 41.0 Å². The molecular formula is C17H16Cl2N2O5. The van der Waals surface area contributed by atoms with Crippen molar-refractivity contribution in [3.05, 3.63) is 58.0 Å². The number of rotatable bonds is 7. The van der Waals surface area contributed by atoms with Crippen molar-refractivity contribution in [3.8, 4) is 0 Å². The number of halogens is 2. The van der Waals surface area contributed by atoms with Crippen molar-refractivity contribution in [1.82, 2.24) is 10.6 Å². The number of furan rings is 1. The molecule has 138 valence electrons. The normalized spacial score (nSPS) is 11.5. The molecule has 0 fully saturated rings. The van der Waals surface area contributed by atoms with E-state index in [1.165, 1.54) is 12.3 Å². The van der Waals surface area contributed by atoms with Gasteiger partial charge in [0.25, 0.3) is 11.8 Å². The molecule has 0 bridgehead atoms. The molecule has 1 heterocycles. The zero-order valence-corrected chi connectivity index (χ0v) is 15.3. The summed E-state index contributed by atoms with van der Waals surface area (Å²) in [5, 5.41) is 5.88. The van der Waals surface area contributed by atoms with Gasteiger partial charge in [0.1, 0.15) is 6.54 Å². The van der Waals surface area contributed by atoms with Crippen molar-refractivity contribution in [2.45, 2.75) is 13.0 Å². The fraction of sp³-hybridized carbons (Fsp3) is 0.235. The van der Waals surface area contributed by atoms with Crippen LogP contribution in [0.3, 0.4) is 0 Å². The molecule has 0 saturated carbocycles. The molecule has 9 heteroatoms. The van der Waals surface area contributed by atoms with Gasteiger partial charge in [0, 0.05) is 10.0 Å². The number of amides is 2. The summed E-state index contributed by atoms with van der Waals surface area (Å²) in [7, 11) is 0. The van der Waals surface area contributed by atoms with E-state index in [-0.39, 0.29) is 12.3 Å². The number of carbonyl (C=O) groups excluding carboxylic acids is 3. The minimum absolute atomic E-state index is 0.0733. The van der Waals surface area contributed by atoms with Crippen molar-refractivity contribution in [1.29, 1.82) is 0 Å². The molecule has 2 aromatic rings. The zero-order chi connectivity index (χ0) is 19.1. The van der Waals surface area contributed by atoms with Crippen LogP contribution in [0, 0.1) is 0 Å². The van der Waals surface area contributed by atoms with Gasteiger partial charge >= 0.3 is 5.97 Å². The largest absolute Gasteiger partial charge is 0.459 e. The van der Waals surface area contributed by atoms with Crippen LogP contribution in [0.4, 0.5) is 0 Å². The van der Waals surface area contributed by atoms with Crippen molar-refractivity contribution in [2.75, 3.05) is 13.2 Å². The van der Waals surface area contributed by atoms with Crippen molar-refractivity contribution in [3.63, 3.8) is 0 Å². The van der Waals surface area contributed by atoms with E-state index in [4.69, 9.17) is 32.4 Å². The SMILES string of the molecule is C[C@@H](NC(=O)COC(=O)CNC(=O)c1ccco1)c1ccc(Cl)cc1Cl. The lowest BCUT2D eigenvalue weighted by Crippen LogP contribution is -2.34. The first kappa shape index (κ1) is 19.8. The van der Waals surface area contributed by atoms with E-state index >= 15 is 0 Å². The first-order chi connectivity index (χ1) is 12.4. The highest BCUT2D eigenvalue weighted by molar-refractivity contribution is 6.35. The lowest BCUT2D eigenvalue weighted by Gasteiger charge is -2.16. The number of carbonyl (C=O) groups is 3. The van der Waals surface area contributed by atoms with E-state index < -0.39 is 30.4 Å². The van der Waals surface area contributed by atoms with Gasteiger partial charge in [0.2, 0.25) is 0 Å². The summed E-state index contributed by atoms with van der Waals surface area (Å²) in [5.41, 5.74) is 0.682. The molecule has 0 unspecified atom stereocenters. The van der Waals surface area contributed by atoms with Gasteiger partial charge in [0.05, 0.1) is 12.3 Å². The van der Waals surface area contributed by atoms with Gasteiger partial charge in [-0.3, -0.25) is 14.4 Å². The Bertz CT molecular complexity index is 792. The molecule has 0 radical (unpaired) electrons. The van der Waals surface area contributed by atoms with Crippen LogP contribution in [-0.4, -0.2) is 30.9 Å². The van der Waals surface area contributed by atoms with Crippen LogP contribution in [0.5, 0.6) is 0 Å². The predicted octanol–water partition coefficient (Wildman–Crippen LogP) is 2.74. The van der Waals surface area contributed by atoms with Crippen LogP contribution < -0.4 is 10.6 Å². The first-order valence-electron chi connectivity index (χ1n) is 7.58. The Balaban J connectivity index is 1.73. The second-order valence-electron chi connectivity index (χ2n) is 5.28. The monoisotopic (exact) mass is 398 g/mol. The highest BCUT2D eigenvalue weighted by Gasteiger charge is 2.15. The Labute approximate surface area is 159 Å². The lowest BCUT2D eigenvalue weighted by molar-refractivity contribution is -0.147. The average molecular weight is 399 g/mol. The predicted molar refractivity (Wildman–Crippen MR) is 95.0 cm³/mol. The molecule has 2 N–H and O–H groups in total.